The normalized spacial score (nSPS) is 11.0. The summed E-state index contributed by atoms with van der Waals surface area (Å²) in [4.78, 5) is 10.2. The van der Waals surface area contributed by atoms with Gasteiger partial charge in [-0.05, 0) is 25.1 Å². The fourth-order valence-electron chi connectivity index (χ4n) is 1.25. The lowest BCUT2D eigenvalue weighted by atomic mass is 10.3. The maximum atomic E-state index is 13.0. The highest BCUT2D eigenvalue weighted by Gasteiger charge is 2.19. The van der Waals surface area contributed by atoms with E-state index in [1.807, 2.05) is 0 Å². The SMILES string of the molecule is CCOc1ccc(NC(C)=O)cc1S(=O)(=O)F. The standard InChI is InChI=1S/C10H12FNO4S/c1-3-16-9-5-4-8(12-7(2)13)6-10(9)17(11,14)15/h4-6H,3H2,1-2H3,(H,12,13). The zero-order valence-corrected chi connectivity index (χ0v) is 10.2. The van der Waals surface area contributed by atoms with Crippen molar-refractivity contribution in [1.29, 1.82) is 0 Å². The van der Waals surface area contributed by atoms with E-state index in [0.29, 0.717) is 0 Å². The van der Waals surface area contributed by atoms with Crippen molar-refractivity contribution in [2.24, 2.45) is 0 Å². The number of anilines is 1. The maximum absolute atomic E-state index is 13.0. The molecule has 0 aliphatic carbocycles. The molecule has 94 valence electrons. The van der Waals surface area contributed by atoms with Gasteiger partial charge in [-0.2, -0.15) is 8.42 Å². The zero-order valence-electron chi connectivity index (χ0n) is 9.36. The molecular formula is C10H12FNO4S. The third-order valence-electron chi connectivity index (χ3n) is 1.83. The fraction of sp³-hybridized carbons (Fsp3) is 0.300. The predicted molar refractivity (Wildman–Crippen MR) is 60.2 cm³/mol. The van der Waals surface area contributed by atoms with E-state index in [4.69, 9.17) is 4.74 Å². The van der Waals surface area contributed by atoms with Gasteiger partial charge < -0.3 is 10.1 Å². The van der Waals surface area contributed by atoms with Gasteiger partial charge in [0.05, 0.1) is 6.61 Å². The first-order valence-corrected chi connectivity index (χ1v) is 6.22. The zero-order chi connectivity index (χ0) is 13.1. The van der Waals surface area contributed by atoms with Crippen LogP contribution in [0.5, 0.6) is 5.75 Å². The summed E-state index contributed by atoms with van der Waals surface area (Å²) in [6.45, 7) is 3.12. The summed E-state index contributed by atoms with van der Waals surface area (Å²) in [7, 11) is -4.89. The van der Waals surface area contributed by atoms with E-state index in [1.165, 1.54) is 19.1 Å². The van der Waals surface area contributed by atoms with Crippen LogP contribution in [0.1, 0.15) is 13.8 Å². The molecule has 0 bridgehead atoms. The van der Waals surface area contributed by atoms with Crippen molar-refractivity contribution in [3.05, 3.63) is 18.2 Å². The number of amides is 1. The van der Waals surface area contributed by atoms with E-state index in [9.17, 15) is 17.1 Å². The molecule has 0 spiro atoms. The van der Waals surface area contributed by atoms with Crippen LogP contribution in [-0.4, -0.2) is 20.9 Å². The summed E-state index contributed by atoms with van der Waals surface area (Å²) in [5, 5.41) is 2.36. The number of carbonyl (C=O) groups excluding carboxylic acids is 1. The van der Waals surface area contributed by atoms with Crippen molar-refractivity contribution in [1.82, 2.24) is 0 Å². The third-order valence-corrected chi connectivity index (χ3v) is 2.67. The maximum Gasteiger partial charge on any atom is 0.335 e. The molecule has 0 unspecified atom stereocenters. The van der Waals surface area contributed by atoms with Gasteiger partial charge in [-0.25, -0.2) is 0 Å². The Balaban J connectivity index is 3.24. The summed E-state index contributed by atoms with van der Waals surface area (Å²) >= 11 is 0. The van der Waals surface area contributed by atoms with Gasteiger partial charge in [0.1, 0.15) is 10.6 Å². The first-order valence-electron chi connectivity index (χ1n) is 4.83. The van der Waals surface area contributed by atoms with Crippen LogP contribution in [-0.2, 0) is 15.0 Å². The first kappa shape index (κ1) is 13.4. The Morgan fingerprint density at radius 1 is 1.47 bits per heavy atom. The van der Waals surface area contributed by atoms with Gasteiger partial charge >= 0.3 is 10.2 Å². The second-order valence-electron chi connectivity index (χ2n) is 3.21. The number of rotatable bonds is 4. The molecule has 1 aromatic carbocycles. The Kier molecular flexibility index (Phi) is 4.06. The summed E-state index contributed by atoms with van der Waals surface area (Å²) < 4.78 is 39.8. The number of nitrogens with one attached hydrogen (secondary N) is 1. The number of hydrogen-bond donors (Lipinski definition) is 1. The molecule has 5 nitrogen and oxygen atoms in total. The molecule has 0 aliphatic heterocycles. The van der Waals surface area contributed by atoms with Crippen LogP contribution in [0.3, 0.4) is 0 Å². The topological polar surface area (TPSA) is 72.5 Å². The Morgan fingerprint density at radius 3 is 2.59 bits per heavy atom. The van der Waals surface area contributed by atoms with Crippen LogP contribution in [0.2, 0.25) is 0 Å². The van der Waals surface area contributed by atoms with Crippen molar-refractivity contribution >= 4 is 21.8 Å². The second-order valence-corrected chi connectivity index (χ2v) is 4.53. The van der Waals surface area contributed by atoms with Crippen LogP contribution in [0, 0.1) is 0 Å². The molecule has 0 heterocycles. The Morgan fingerprint density at radius 2 is 2.12 bits per heavy atom. The van der Waals surface area contributed by atoms with Crippen LogP contribution in [0.25, 0.3) is 0 Å². The Bertz CT molecular complexity index is 527. The lowest BCUT2D eigenvalue weighted by Crippen LogP contribution is -2.07. The fourth-order valence-corrected chi connectivity index (χ4v) is 1.89. The summed E-state index contributed by atoms with van der Waals surface area (Å²) in [6, 6.07) is 3.74. The van der Waals surface area contributed by atoms with Gasteiger partial charge in [-0.1, -0.05) is 0 Å². The number of hydrogen-bond acceptors (Lipinski definition) is 4. The average molecular weight is 261 g/mol. The first-order chi connectivity index (χ1) is 7.84. The van der Waals surface area contributed by atoms with Gasteiger partial charge in [0, 0.05) is 12.6 Å². The second kappa shape index (κ2) is 5.13. The number of carbonyl (C=O) groups is 1. The molecule has 0 saturated carbocycles. The molecule has 7 heteroatoms. The van der Waals surface area contributed by atoms with E-state index in [0.717, 1.165) is 6.07 Å². The summed E-state index contributed by atoms with van der Waals surface area (Å²) in [5.74, 6) is -0.458. The lowest BCUT2D eigenvalue weighted by Gasteiger charge is -2.09. The molecule has 17 heavy (non-hydrogen) atoms. The van der Waals surface area contributed by atoms with Gasteiger partial charge in [0.25, 0.3) is 0 Å². The minimum absolute atomic E-state index is 0.0795. The average Bonchev–Trinajstić information content (AvgIpc) is 2.18. The highest BCUT2D eigenvalue weighted by Crippen LogP contribution is 2.28. The van der Waals surface area contributed by atoms with Crippen LogP contribution in [0.4, 0.5) is 9.57 Å². The third kappa shape index (κ3) is 3.70. The molecule has 1 aromatic rings. The lowest BCUT2D eigenvalue weighted by molar-refractivity contribution is -0.114. The van der Waals surface area contributed by atoms with Crippen LogP contribution in [0.15, 0.2) is 23.1 Å². The van der Waals surface area contributed by atoms with Crippen LogP contribution >= 0.6 is 0 Å². The van der Waals surface area contributed by atoms with Crippen molar-refractivity contribution < 1.29 is 21.8 Å². The van der Waals surface area contributed by atoms with E-state index in [1.54, 1.807) is 6.92 Å². The molecule has 0 radical (unpaired) electrons. The molecular weight excluding hydrogens is 249 g/mol. The minimum atomic E-state index is -4.89. The quantitative estimate of drug-likeness (QED) is 0.837. The number of halogens is 1. The van der Waals surface area contributed by atoms with Crippen LogP contribution < -0.4 is 10.1 Å². The van der Waals surface area contributed by atoms with E-state index in [-0.39, 0.29) is 24.0 Å². The molecule has 0 aromatic heterocycles. The molecule has 0 atom stereocenters. The Labute approximate surface area is 98.8 Å². The van der Waals surface area contributed by atoms with Crippen molar-refractivity contribution in [2.45, 2.75) is 18.7 Å². The van der Waals surface area contributed by atoms with Crippen molar-refractivity contribution in [2.75, 3.05) is 11.9 Å². The highest BCUT2D eigenvalue weighted by molar-refractivity contribution is 7.86. The van der Waals surface area contributed by atoms with Crippen molar-refractivity contribution in [3.8, 4) is 5.75 Å². The predicted octanol–water partition coefficient (Wildman–Crippen LogP) is 1.70. The van der Waals surface area contributed by atoms with Gasteiger partial charge in [0.15, 0.2) is 0 Å². The molecule has 0 saturated heterocycles. The van der Waals surface area contributed by atoms with E-state index < -0.39 is 15.1 Å². The monoisotopic (exact) mass is 261 g/mol. The number of benzene rings is 1. The molecule has 0 aliphatic rings. The molecule has 0 fully saturated rings. The molecule has 1 rings (SSSR count). The summed E-state index contributed by atoms with van der Waals surface area (Å²) in [5.41, 5.74) is 0.192. The van der Waals surface area contributed by atoms with Crippen molar-refractivity contribution in [3.63, 3.8) is 0 Å². The Hall–Kier alpha value is -1.63. The number of ether oxygens (including phenoxy) is 1. The van der Waals surface area contributed by atoms with E-state index in [2.05, 4.69) is 5.32 Å². The van der Waals surface area contributed by atoms with Gasteiger partial charge in [-0.3, -0.25) is 4.79 Å². The molecule has 1 N–H and O–H groups in total. The van der Waals surface area contributed by atoms with Gasteiger partial charge in [0.2, 0.25) is 5.91 Å². The molecule has 1 amide bonds. The minimum Gasteiger partial charge on any atom is -0.492 e. The smallest absolute Gasteiger partial charge is 0.335 e. The van der Waals surface area contributed by atoms with Gasteiger partial charge in [-0.15, -0.1) is 3.89 Å². The van der Waals surface area contributed by atoms with E-state index >= 15 is 0 Å². The largest absolute Gasteiger partial charge is 0.492 e. The highest BCUT2D eigenvalue weighted by atomic mass is 32.3. The summed E-state index contributed by atoms with van der Waals surface area (Å²) in [6.07, 6.45) is 0.